The van der Waals surface area contributed by atoms with Crippen LogP contribution in [0.1, 0.15) is 26.7 Å². The van der Waals surface area contributed by atoms with Gasteiger partial charge >= 0.3 is 6.18 Å². The summed E-state index contributed by atoms with van der Waals surface area (Å²) in [4.78, 5) is 0. The molecule has 0 saturated heterocycles. The van der Waals surface area contributed by atoms with Crippen molar-refractivity contribution in [2.24, 2.45) is 5.41 Å². The van der Waals surface area contributed by atoms with Crippen molar-refractivity contribution in [1.29, 1.82) is 0 Å². The van der Waals surface area contributed by atoms with Gasteiger partial charge in [-0.15, -0.1) is 11.6 Å². The summed E-state index contributed by atoms with van der Waals surface area (Å²) in [6.45, 7) is 3.27. The third-order valence-corrected chi connectivity index (χ3v) is 3.18. The zero-order chi connectivity index (χ0) is 11.2. The SMILES string of the molecule is CCC(CC)(CCl)CNCC(F)(F)F. The fraction of sp³-hybridized carbons (Fsp3) is 1.00. The second-order valence-corrected chi connectivity index (χ2v) is 3.83. The van der Waals surface area contributed by atoms with Gasteiger partial charge in [0.2, 0.25) is 0 Å². The van der Waals surface area contributed by atoms with E-state index in [9.17, 15) is 13.2 Å². The maximum atomic E-state index is 11.8. The van der Waals surface area contributed by atoms with Crippen molar-refractivity contribution in [3.63, 3.8) is 0 Å². The molecule has 1 nitrogen and oxygen atoms in total. The Bertz CT molecular complexity index is 146. The van der Waals surface area contributed by atoms with Gasteiger partial charge in [0, 0.05) is 12.4 Å². The minimum atomic E-state index is -4.14. The van der Waals surface area contributed by atoms with Gasteiger partial charge in [0.05, 0.1) is 6.54 Å². The molecule has 0 spiro atoms. The summed E-state index contributed by atoms with van der Waals surface area (Å²) in [6, 6.07) is 0. The first-order chi connectivity index (χ1) is 6.39. The molecule has 0 aliphatic heterocycles. The molecule has 0 aromatic carbocycles. The van der Waals surface area contributed by atoms with Gasteiger partial charge < -0.3 is 5.32 Å². The minimum Gasteiger partial charge on any atom is -0.308 e. The maximum absolute atomic E-state index is 11.8. The van der Waals surface area contributed by atoms with Crippen LogP contribution in [0.4, 0.5) is 13.2 Å². The highest BCUT2D eigenvalue weighted by atomic mass is 35.5. The lowest BCUT2D eigenvalue weighted by Gasteiger charge is -2.29. The molecule has 0 atom stereocenters. The number of halogens is 4. The molecule has 5 heteroatoms. The van der Waals surface area contributed by atoms with Crippen LogP contribution in [-0.2, 0) is 0 Å². The largest absolute Gasteiger partial charge is 0.401 e. The Kier molecular flexibility index (Phi) is 5.83. The molecule has 0 aliphatic carbocycles. The average Bonchev–Trinajstić information content (AvgIpc) is 2.11. The Hall–Kier alpha value is 0.0400. The predicted molar refractivity (Wildman–Crippen MR) is 52.7 cm³/mol. The van der Waals surface area contributed by atoms with Crippen LogP contribution >= 0.6 is 11.6 Å². The highest BCUT2D eigenvalue weighted by Crippen LogP contribution is 2.27. The Labute approximate surface area is 88.0 Å². The molecule has 0 saturated carbocycles. The van der Waals surface area contributed by atoms with Crippen LogP contribution in [0.25, 0.3) is 0 Å². The minimum absolute atomic E-state index is 0.202. The van der Waals surface area contributed by atoms with Crippen molar-refractivity contribution in [2.45, 2.75) is 32.9 Å². The van der Waals surface area contributed by atoms with Crippen LogP contribution in [0.2, 0.25) is 0 Å². The quantitative estimate of drug-likeness (QED) is 0.693. The summed E-state index contributed by atoms with van der Waals surface area (Å²) < 4.78 is 35.5. The number of rotatable bonds is 6. The van der Waals surface area contributed by atoms with Gasteiger partial charge in [-0.3, -0.25) is 0 Å². The lowest BCUT2D eigenvalue weighted by atomic mass is 9.84. The molecule has 86 valence electrons. The molecule has 0 heterocycles. The van der Waals surface area contributed by atoms with E-state index in [4.69, 9.17) is 11.6 Å². The maximum Gasteiger partial charge on any atom is 0.401 e. The Morgan fingerprint density at radius 2 is 1.57 bits per heavy atom. The lowest BCUT2D eigenvalue weighted by Crippen LogP contribution is -2.39. The van der Waals surface area contributed by atoms with Crippen LogP contribution in [0.15, 0.2) is 0 Å². The first-order valence-corrected chi connectivity index (χ1v) is 5.26. The molecule has 0 radical (unpaired) electrons. The molecule has 0 aliphatic rings. The number of nitrogens with one attached hydrogen (secondary N) is 1. The van der Waals surface area contributed by atoms with Crippen molar-refractivity contribution in [1.82, 2.24) is 5.32 Å². The average molecular weight is 232 g/mol. The van der Waals surface area contributed by atoms with Crippen molar-refractivity contribution in [3.05, 3.63) is 0 Å². The van der Waals surface area contributed by atoms with E-state index in [0.717, 1.165) is 12.8 Å². The molecule has 0 rings (SSSR count). The van der Waals surface area contributed by atoms with Crippen molar-refractivity contribution >= 4 is 11.6 Å². The van der Waals surface area contributed by atoms with Gasteiger partial charge in [-0.1, -0.05) is 13.8 Å². The summed E-state index contributed by atoms with van der Waals surface area (Å²) >= 11 is 5.75. The third kappa shape index (κ3) is 5.05. The molecular formula is C9H17ClF3N. The summed E-state index contributed by atoms with van der Waals surface area (Å²) in [6.07, 6.45) is -2.56. The highest BCUT2D eigenvalue weighted by molar-refractivity contribution is 6.18. The first-order valence-electron chi connectivity index (χ1n) is 4.72. The Balaban J connectivity index is 3.95. The van der Waals surface area contributed by atoms with Crippen molar-refractivity contribution < 1.29 is 13.2 Å². The van der Waals surface area contributed by atoms with E-state index in [2.05, 4.69) is 5.32 Å². The summed E-state index contributed by atoms with van der Waals surface area (Å²) in [5.74, 6) is 0.394. The van der Waals surface area contributed by atoms with Gasteiger partial charge in [-0.2, -0.15) is 13.2 Å². The van der Waals surface area contributed by atoms with E-state index >= 15 is 0 Å². The topological polar surface area (TPSA) is 12.0 Å². The molecule has 0 bridgehead atoms. The number of hydrogen-bond donors (Lipinski definition) is 1. The Morgan fingerprint density at radius 1 is 1.07 bits per heavy atom. The van der Waals surface area contributed by atoms with Gasteiger partial charge in [0.15, 0.2) is 0 Å². The van der Waals surface area contributed by atoms with Crippen LogP contribution in [0.5, 0.6) is 0 Å². The van der Waals surface area contributed by atoms with Gasteiger partial charge in [0.1, 0.15) is 0 Å². The molecule has 0 aromatic heterocycles. The zero-order valence-corrected chi connectivity index (χ0v) is 9.30. The number of alkyl halides is 4. The van der Waals surface area contributed by atoms with Crippen molar-refractivity contribution in [3.8, 4) is 0 Å². The molecule has 0 amide bonds. The lowest BCUT2D eigenvalue weighted by molar-refractivity contribution is -0.125. The Morgan fingerprint density at radius 3 is 1.86 bits per heavy atom. The van der Waals surface area contributed by atoms with Crippen LogP contribution in [0.3, 0.4) is 0 Å². The molecule has 0 unspecified atom stereocenters. The van der Waals surface area contributed by atoms with Gasteiger partial charge in [-0.25, -0.2) is 0 Å². The predicted octanol–water partition coefficient (Wildman–Crippen LogP) is 3.18. The van der Waals surface area contributed by atoms with E-state index in [1.54, 1.807) is 0 Å². The van der Waals surface area contributed by atoms with E-state index in [-0.39, 0.29) is 5.41 Å². The molecular weight excluding hydrogens is 215 g/mol. The highest BCUT2D eigenvalue weighted by Gasteiger charge is 2.30. The number of hydrogen-bond acceptors (Lipinski definition) is 1. The van der Waals surface area contributed by atoms with Crippen LogP contribution in [-0.4, -0.2) is 25.1 Å². The normalized spacial score (nSPS) is 13.3. The van der Waals surface area contributed by atoms with Crippen LogP contribution < -0.4 is 5.32 Å². The zero-order valence-electron chi connectivity index (χ0n) is 8.55. The molecule has 0 aromatic rings. The van der Waals surface area contributed by atoms with Gasteiger partial charge in [-0.05, 0) is 18.3 Å². The molecule has 14 heavy (non-hydrogen) atoms. The van der Waals surface area contributed by atoms with E-state index in [1.165, 1.54) is 0 Å². The van der Waals surface area contributed by atoms with E-state index < -0.39 is 12.7 Å². The summed E-state index contributed by atoms with van der Waals surface area (Å²) in [5.41, 5.74) is -0.202. The molecule has 1 N–H and O–H groups in total. The smallest absolute Gasteiger partial charge is 0.308 e. The van der Waals surface area contributed by atoms with Crippen LogP contribution in [0, 0.1) is 5.41 Å². The van der Waals surface area contributed by atoms with Gasteiger partial charge in [0.25, 0.3) is 0 Å². The summed E-state index contributed by atoms with van der Waals surface area (Å²) in [5, 5.41) is 2.41. The third-order valence-electron chi connectivity index (χ3n) is 2.61. The monoisotopic (exact) mass is 231 g/mol. The second-order valence-electron chi connectivity index (χ2n) is 3.56. The fourth-order valence-corrected chi connectivity index (χ4v) is 1.68. The first kappa shape index (κ1) is 14.0. The molecule has 0 fully saturated rings. The second kappa shape index (κ2) is 5.81. The van der Waals surface area contributed by atoms with E-state index in [1.807, 2.05) is 13.8 Å². The van der Waals surface area contributed by atoms with Crippen molar-refractivity contribution in [2.75, 3.05) is 19.0 Å². The summed E-state index contributed by atoms with van der Waals surface area (Å²) in [7, 11) is 0. The standard InChI is InChI=1S/C9H17ClF3N/c1-3-8(4-2,5-10)6-14-7-9(11,12)13/h14H,3-7H2,1-2H3. The fourth-order valence-electron chi connectivity index (χ4n) is 1.21. The van der Waals surface area contributed by atoms with E-state index in [0.29, 0.717) is 12.4 Å².